The molecule has 1 unspecified atom stereocenters. The van der Waals surface area contributed by atoms with Crippen molar-refractivity contribution in [3.63, 3.8) is 0 Å². The van der Waals surface area contributed by atoms with Gasteiger partial charge in [0.25, 0.3) is 0 Å². The molecule has 0 saturated heterocycles. The normalized spacial score (nSPS) is 22.3. The Balaban J connectivity index is 1.96. The lowest BCUT2D eigenvalue weighted by atomic mass is 9.78. The zero-order chi connectivity index (χ0) is 13.0. The van der Waals surface area contributed by atoms with E-state index in [-0.39, 0.29) is 5.97 Å². The van der Waals surface area contributed by atoms with Crippen LogP contribution in [0.3, 0.4) is 0 Å². The SMILES string of the molecule is CCOC(=O)CCC1(O)CCc2ccccc2C1. The highest BCUT2D eigenvalue weighted by Gasteiger charge is 2.32. The third-order valence-electron chi connectivity index (χ3n) is 3.60. The largest absolute Gasteiger partial charge is 0.466 e. The summed E-state index contributed by atoms with van der Waals surface area (Å²) in [4.78, 5) is 11.3. The molecule has 0 radical (unpaired) electrons. The summed E-state index contributed by atoms with van der Waals surface area (Å²) in [7, 11) is 0. The van der Waals surface area contributed by atoms with Crippen LogP contribution in [0.5, 0.6) is 0 Å². The summed E-state index contributed by atoms with van der Waals surface area (Å²) >= 11 is 0. The number of carbonyl (C=O) groups is 1. The number of benzene rings is 1. The number of hydrogen-bond acceptors (Lipinski definition) is 3. The number of rotatable bonds is 4. The van der Waals surface area contributed by atoms with E-state index in [9.17, 15) is 9.90 Å². The van der Waals surface area contributed by atoms with Crippen LogP contribution in [0.4, 0.5) is 0 Å². The van der Waals surface area contributed by atoms with Gasteiger partial charge in [0, 0.05) is 12.8 Å². The highest BCUT2D eigenvalue weighted by atomic mass is 16.5. The Hall–Kier alpha value is -1.35. The lowest BCUT2D eigenvalue weighted by Crippen LogP contribution is -2.36. The van der Waals surface area contributed by atoms with Crippen molar-refractivity contribution in [3.05, 3.63) is 35.4 Å². The van der Waals surface area contributed by atoms with Gasteiger partial charge in [-0.2, -0.15) is 0 Å². The third kappa shape index (κ3) is 3.10. The molecule has 0 bridgehead atoms. The Morgan fingerprint density at radius 3 is 2.83 bits per heavy atom. The van der Waals surface area contributed by atoms with Crippen molar-refractivity contribution >= 4 is 5.97 Å². The van der Waals surface area contributed by atoms with Crippen molar-refractivity contribution in [1.29, 1.82) is 0 Å². The zero-order valence-corrected chi connectivity index (χ0v) is 10.8. The van der Waals surface area contributed by atoms with Gasteiger partial charge in [0.2, 0.25) is 0 Å². The summed E-state index contributed by atoms with van der Waals surface area (Å²) in [6.45, 7) is 2.20. The quantitative estimate of drug-likeness (QED) is 0.831. The molecule has 1 N–H and O–H groups in total. The Bertz CT molecular complexity index is 428. The van der Waals surface area contributed by atoms with E-state index >= 15 is 0 Å². The van der Waals surface area contributed by atoms with E-state index in [1.807, 2.05) is 12.1 Å². The number of aryl methyl sites for hydroxylation is 1. The van der Waals surface area contributed by atoms with Gasteiger partial charge in [-0.1, -0.05) is 24.3 Å². The van der Waals surface area contributed by atoms with E-state index in [1.165, 1.54) is 11.1 Å². The minimum atomic E-state index is -0.749. The topological polar surface area (TPSA) is 46.5 Å². The minimum absolute atomic E-state index is 0.218. The first-order chi connectivity index (χ1) is 8.63. The van der Waals surface area contributed by atoms with Gasteiger partial charge in [0.1, 0.15) is 0 Å². The maximum Gasteiger partial charge on any atom is 0.305 e. The van der Waals surface area contributed by atoms with Crippen LogP contribution in [0.25, 0.3) is 0 Å². The molecule has 0 fully saturated rings. The molecule has 1 atom stereocenters. The second-order valence-corrected chi connectivity index (χ2v) is 4.97. The standard InChI is InChI=1S/C15H20O3/c1-2-18-14(16)8-10-15(17)9-7-12-5-3-4-6-13(12)11-15/h3-6,17H,2,7-11H2,1H3. The number of ether oxygens (including phenoxy) is 1. The van der Waals surface area contributed by atoms with Crippen LogP contribution in [-0.4, -0.2) is 23.3 Å². The van der Waals surface area contributed by atoms with Crippen molar-refractivity contribution in [1.82, 2.24) is 0 Å². The summed E-state index contributed by atoms with van der Waals surface area (Å²) in [6, 6.07) is 8.20. The van der Waals surface area contributed by atoms with Crippen molar-refractivity contribution in [3.8, 4) is 0 Å². The lowest BCUT2D eigenvalue weighted by Gasteiger charge is -2.33. The summed E-state index contributed by atoms with van der Waals surface area (Å²) in [6.07, 6.45) is 3.04. The van der Waals surface area contributed by atoms with Crippen LogP contribution < -0.4 is 0 Å². The molecule has 0 aliphatic heterocycles. The fourth-order valence-corrected chi connectivity index (χ4v) is 2.57. The molecule has 1 aromatic rings. The Labute approximate surface area is 108 Å². The first kappa shape index (κ1) is 13.1. The number of fused-ring (bicyclic) bond motifs is 1. The van der Waals surface area contributed by atoms with Gasteiger partial charge in [0.15, 0.2) is 0 Å². The number of hydrogen-bond donors (Lipinski definition) is 1. The van der Waals surface area contributed by atoms with Gasteiger partial charge in [-0.25, -0.2) is 0 Å². The van der Waals surface area contributed by atoms with Crippen LogP contribution >= 0.6 is 0 Å². The van der Waals surface area contributed by atoms with Crippen molar-refractivity contribution in [2.75, 3.05) is 6.61 Å². The first-order valence-electron chi connectivity index (χ1n) is 6.58. The predicted molar refractivity (Wildman–Crippen MR) is 69.3 cm³/mol. The van der Waals surface area contributed by atoms with Crippen molar-refractivity contribution in [2.45, 2.75) is 44.6 Å². The molecule has 1 aliphatic carbocycles. The van der Waals surface area contributed by atoms with Gasteiger partial charge in [-0.05, 0) is 37.3 Å². The molecule has 18 heavy (non-hydrogen) atoms. The van der Waals surface area contributed by atoms with E-state index in [2.05, 4.69) is 12.1 Å². The molecule has 0 amide bonds. The van der Waals surface area contributed by atoms with Crippen molar-refractivity contribution in [2.24, 2.45) is 0 Å². The maximum absolute atomic E-state index is 11.3. The summed E-state index contributed by atoms with van der Waals surface area (Å²) in [5, 5.41) is 10.5. The molecule has 0 heterocycles. The molecule has 1 aliphatic rings. The van der Waals surface area contributed by atoms with Gasteiger partial charge in [0.05, 0.1) is 12.2 Å². The summed E-state index contributed by atoms with van der Waals surface area (Å²) in [5.74, 6) is -0.218. The van der Waals surface area contributed by atoms with Gasteiger partial charge in [-0.3, -0.25) is 4.79 Å². The van der Waals surface area contributed by atoms with Gasteiger partial charge < -0.3 is 9.84 Å². The van der Waals surface area contributed by atoms with Crippen LogP contribution in [0, 0.1) is 0 Å². The molecule has 1 aromatic carbocycles. The van der Waals surface area contributed by atoms with E-state index in [4.69, 9.17) is 4.74 Å². The van der Waals surface area contributed by atoms with Gasteiger partial charge in [-0.15, -0.1) is 0 Å². The number of carbonyl (C=O) groups excluding carboxylic acids is 1. The third-order valence-corrected chi connectivity index (χ3v) is 3.60. The van der Waals surface area contributed by atoms with Crippen LogP contribution in [-0.2, 0) is 22.4 Å². The van der Waals surface area contributed by atoms with Crippen LogP contribution in [0.1, 0.15) is 37.3 Å². The second-order valence-electron chi connectivity index (χ2n) is 4.97. The van der Waals surface area contributed by atoms with E-state index in [0.29, 0.717) is 25.9 Å². The minimum Gasteiger partial charge on any atom is -0.466 e. The lowest BCUT2D eigenvalue weighted by molar-refractivity contribution is -0.144. The number of esters is 1. The average molecular weight is 248 g/mol. The predicted octanol–water partition coefficient (Wildman–Crippen LogP) is 2.25. The van der Waals surface area contributed by atoms with Crippen LogP contribution in [0.15, 0.2) is 24.3 Å². The Kier molecular flexibility index (Phi) is 4.02. The molecule has 0 aromatic heterocycles. The molecular formula is C15H20O3. The fraction of sp³-hybridized carbons (Fsp3) is 0.533. The Morgan fingerprint density at radius 2 is 2.11 bits per heavy atom. The second kappa shape index (κ2) is 5.53. The van der Waals surface area contributed by atoms with Gasteiger partial charge >= 0.3 is 5.97 Å². The Morgan fingerprint density at radius 1 is 1.39 bits per heavy atom. The molecule has 3 heteroatoms. The first-order valence-corrected chi connectivity index (χ1v) is 6.58. The molecular weight excluding hydrogens is 228 g/mol. The highest BCUT2D eigenvalue weighted by Crippen LogP contribution is 2.31. The average Bonchev–Trinajstić information content (AvgIpc) is 2.37. The van der Waals surface area contributed by atoms with Crippen molar-refractivity contribution < 1.29 is 14.6 Å². The van der Waals surface area contributed by atoms with E-state index in [0.717, 1.165) is 12.8 Å². The maximum atomic E-state index is 11.3. The molecule has 2 rings (SSSR count). The monoisotopic (exact) mass is 248 g/mol. The van der Waals surface area contributed by atoms with E-state index in [1.54, 1.807) is 6.92 Å². The fourth-order valence-electron chi connectivity index (χ4n) is 2.57. The summed E-state index contributed by atoms with van der Waals surface area (Å²) in [5.41, 5.74) is 1.77. The van der Waals surface area contributed by atoms with Crippen LogP contribution in [0.2, 0.25) is 0 Å². The molecule has 0 spiro atoms. The molecule has 0 saturated carbocycles. The smallest absolute Gasteiger partial charge is 0.305 e. The molecule has 98 valence electrons. The zero-order valence-electron chi connectivity index (χ0n) is 10.8. The molecule has 3 nitrogen and oxygen atoms in total. The van der Waals surface area contributed by atoms with E-state index < -0.39 is 5.60 Å². The summed E-state index contributed by atoms with van der Waals surface area (Å²) < 4.78 is 4.90. The highest BCUT2D eigenvalue weighted by molar-refractivity contribution is 5.69. The number of aliphatic hydroxyl groups is 1.